The molecule has 1 aliphatic carbocycles. The van der Waals surface area contributed by atoms with Gasteiger partial charge in [-0.15, -0.1) is 0 Å². The van der Waals surface area contributed by atoms with Gasteiger partial charge in [-0.05, 0) is 31.6 Å². The van der Waals surface area contributed by atoms with E-state index in [-0.39, 0.29) is 11.3 Å². The van der Waals surface area contributed by atoms with E-state index in [9.17, 15) is 4.79 Å². The lowest BCUT2D eigenvalue weighted by Gasteiger charge is -2.37. The van der Waals surface area contributed by atoms with Gasteiger partial charge in [0, 0.05) is 31.9 Å². The van der Waals surface area contributed by atoms with Crippen molar-refractivity contribution in [3.8, 4) is 0 Å². The third-order valence-corrected chi connectivity index (χ3v) is 4.31. The summed E-state index contributed by atoms with van der Waals surface area (Å²) in [6, 6.07) is 0. The molecule has 5 nitrogen and oxygen atoms in total. The lowest BCUT2D eigenvalue weighted by molar-refractivity contribution is -0.132. The van der Waals surface area contributed by atoms with E-state index < -0.39 is 0 Å². The van der Waals surface area contributed by atoms with Gasteiger partial charge in [-0.25, -0.2) is 4.98 Å². The molecule has 2 rings (SSSR count). The van der Waals surface area contributed by atoms with E-state index in [1.165, 1.54) is 0 Å². The molecule has 0 radical (unpaired) electrons. The van der Waals surface area contributed by atoms with Crippen LogP contribution in [0.25, 0.3) is 0 Å². The van der Waals surface area contributed by atoms with Gasteiger partial charge in [0.05, 0.1) is 5.41 Å². The predicted molar refractivity (Wildman–Crippen MR) is 74.4 cm³/mol. The van der Waals surface area contributed by atoms with Crippen molar-refractivity contribution in [2.75, 3.05) is 13.1 Å². The van der Waals surface area contributed by atoms with Crippen molar-refractivity contribution in [1.82, 2.24) is 15.3 Å². The Bertz CT molecular complexity index is 394. The van der Waals surface area contributed by atoms with E-state index in [4.69, 9.17) is 5.73 Å². The number of hydrogen-bond acceptors (Lipinski definition) is 3. The first-order valence-corrected chi connectivity index (χ1v) is 7.13. The van der Waals surface area contributed by atoms with E-state index >= 15 is 0 Å². The van der Waals surface area contributed by atoms with Gasteiger partial charge in [-0.3, -0.25) is 4.79 Å². The Morgan fingerprint density at radius 1 is 1.58 bits per heavy atom. The molecule has 0 bridgehead atoms. The number of rotatable bonds is 5. The van der Waals surface area contributed by atoms with Crippen LogP contribution in [-0.4, -0.2) is 29.0 Å². The largest absolute Gasteiger partial charge is 0.355 e. The summed E-state index contributed by atoms with van der Waals surface area (Å²) in [6.45, 7) is 3.31. The van der Waals surface area contributed by atoms with Gasteiger partial charge in [0.25, 0.3) is 0 Å². The Balaban J connectivity index is 1.83. The summed E-state index contributed by atoms with van der Waals surface area (Å²) >= 11 is 0. The maximum atomic E-state index is 12.4. The molecule has 1 heterocycles. The molecular weight excluding hydrogens is 240 g/mol. The van der Waals surface area contributed by atoms with E-state index in [1.807, 2.05) is 0 Å². The molecular formula is C14H24N4O. The Morgan fingerprint density at radius 2 is 2.32 bits per heavy atom. The number of H-pyrrole nitrogens is 1. The highest BCUT2D eigenvalue weighted by atomic mass is 16.2. The molecule has 19 heavy (non-hydrogen) atoms. The molecule has 0 saturated heterocycles. The summed E-state index contributed by atoms with van der Waals surface area (Å²) in [4.78, 5) is 19.5. The molecule has 1 fully saturated rings. The van der Waals surface area contributed by atoms with Crippen LogP contribution in [0.2, 0.25) is 0 Å². The highest BCUT2D eigenvalue weighted by molar-refractivity contribution is 5.83. The average Bonchev–Trinajstić information content (AvgIpc) is 2.93. The van der Waals surface area contributed by atoms with E-state index in [1.54, 1.807) is 12.4 Å². The number of amides is 1. The molecule has 0 spiro atoms. The summed E-state index contributed by atoms with van der Waals surface area (Å²) < 4.78 is 0. The summed E-state index contributed by atoms with van der Waals surface area (Å²) in [5, 5.41) is 3.02. The number of nitrogens with two attached hydrogens (primary N) is 1. The Labute approximate surface area is 114 Å². The highest BCUT2D eigenvalue weighted by Crippen LogP contribution is 2.38. The van der Waals surface area contributed by atoms with Crippen LogP contribution in [0.3, 0.4) is 0 Å². The van der Waals surface area contributed by atoms with E-state index in [0.29, 0.717) is 13.1 Å². The van der Waals surface area contributed by atoms with Crippen LogP contribution in [0.1, 0.15) is 38.4 Å². The zero-order valence-corrected chi connectivity index (χ0v) is 11.6. The zero-order valence-electron chi connectivity index (χ0n) is 11.6. The van der Waals surface area contributed by atoms with Gasteiger partial charge in [0.1, 0.15) is 5.82 Å². The van der Waals surface area contributed by atoms with Crippen LogP contribution in [0.5, 0.6) is 0 Å². The molecule has 106 valence electrons. The van der Waals surface area contributed by atoms with Gasteiger partial charge in [0.2, 0.25) is 5.91 Å². The number of nitrogens with one attached hydrogen (secondary N) is 2. The molecule has 1 aliphatic rings. The number of hydrogen-bond donors (Lipinski definition) is 3. The number of carbonyl (C=O) groups excluding carboxylic acids is 1. The van der Waals surface area contributed by atoms with Crippen molar-refractivity contribution in [3.63, 3.8) is 0 Å². The first kappa shape index (κ1) is 14.1. The number of aromatic amines is 1. The van der Waals surface area contributed by atoms with Crippen LogP contribution >= 0.6 is 0 Å². The molecule has 5 heteroatoms. The lowest BCUT2D eigenvalue weighted by atomic mass is 9.70. The zero-order chi connectivity index (χ0) is 13.7. The van der Waals surface area contributed by atoms with E-state index in [0.717, 1.165) is 43.8 Å². The number of aromatic nitrogens is 2. The van der Waals surface area contributed by atoms with Gasteiger partial charge in [-0.2, -0.15) is 0 Å². The second kappa shape index (κ2) is 6.19. The van der Waals surface area contributed by atoms with Gasteiger partial charge in [-0.1, -0.05) is 6.92 Å². The molecule has 0 aromatic carbocycles. The number of imidazole rings is 1. The van der Waals surface area contributed by atoms with Crippen molar-refractivity contribution in [2.24, 2.45) is 17.1 Å². The summed E-state index contributed by atoms with van der Waals surface area (Å²) in [7, 11) is 0. The van der Waals surface area contributed by atoms with Crippen molar-refractivity contribution in [3.05, 3.63) is 18.2 Å². The fourth-order valence-corrected chi connectivity index (χ4v) is 2.76. The summed E-state index contributed by atoms with van der Waals surface area (Å²) in [5.74, 6) is 1.74. The molecule has 0 atom stereocenters. The SMILES string of the molecule is CC1CCC(CN)(C(=O)NCCc2ncc[nH]2)CC1. The number of nitrogens with zero attached hydrogens (tertiary/aromatic N) is 1. The highest BCUT2D eigenvalue weighted by Gasteiger charge is 2.39. The number of carbonyl (C=O) groups is 1. The molecule has 1 saturated carbocycles. The minimum Gasteiger partial charge on any atom is -0.355 e. The minimum atomic E-state index is -0.338. The first-order valence-electron chi connectivity index (χ1n) is 7.13. The third-order valence-electron chi connectivity index (χ3n) is 4.31. The summed E-state index contributed by atoms with van der Waals surface area (Å²) in [6.07, 6.45) is 8.28. The normalized spacial score (nSPS) is 27.2. The van der Waals surface area contributed by atoms with E-state index in [2.05, 4.69) is 22.2 Å². The molecule has 0 unspecified atom stereocenters. The monoisotopic (exact) mass is 264 g/mol. The fraction of sp³-hybridized carbons (Fsp3) is 0.714. The molecule has 1 amide bonds. The van der Waals surface area contributed by atoms with Crippen molar-refractivity contribution >= 4 is 5.91 Å². The molecule has 1 aromatic heterocycles. The van der Waals surface area contributed by atoms with Crippen molar-refractivity contribution in [2.45, 2.75) is 39.0 Å². The average molecular weight is 264 g/mol. The maximum absolute atomic E-state index is 12.4. The Morgan fingerprint density at radius 3 is 2.89 bits per heavy atom. The third kappa shape index (κ3) is 3.35. The van der Waals surface area contributed by atoms with Gasteiger partial charge < -0.3 is 16.0 Å². The second-order valence-corrected chi connectivity index (χ2v) is 5.71. The van der Waals surface area contributed by atoms with Gasteiger partial charge in [0.15, 0.2) is 0 Å². The lowest BCUT2D eigenvalue weighted by Crippen LogP contribution is -2.48. The smallest absolute Gasteiger partial charge is 0.227 e. The maximum Gasteiger partial charge on any atom is 0.227 e. The first-order chi connectivity index (χ1) is 9.16. The Hall–Kier alpha value is -1.36. The van der Waals surface area contributed by atoms with Crippen LogP contribution in [0.4, 0.5) is 0 Å². The van der Waals surface area contributed by atoms with Crippen LogP contribution in [-0.2, 0) is 11.2 Å². The summed E-state index contributed by atoms with van der Waals surface area (Å²) in [5.41, 5.74) is 5.53. The van der Waals surface area contributed by atoms with Crippen LogP contribution in [0.15, 0.2) is 12.4 Å². The minimum absolute atomic E-state index is 0.119. The quantitative estimate of drug-likeness (QED) is 0.747. The molecule has 1 aromatic rings. The van der Waals surface area contributed by atoms with Crippen LogP contribution in [0, 0.1) is 11.3 Å². The Kier molecular flexibility index (Phi) is 4.58. The molecule has 0 aliphatic heterocycles. The van der Waals surface area contributed by atoms with Gasteiger partial charge >= 0.3 is 0 Å². The predicted octanol–water partition coefficient (Wildman–Crippen LogP) is 1.22. The van der Waals surface area contributed by atoms with Crippen LogP contribution < -0.4 is 11.1 Å². The fourth-order valence-electron chi connectivity index (χ4n) is 2.76. The standard InChI is InChI=1S/C14H24N4O/c1-11-2-5-14(10-15,6-3-11)13(19)18-7-4-12-16-8-9-17-12/h8-9,11H,2-7,10,15H2,1H3,(H,16,17)(H,18,19). The van der Waals surface area contributed by atoms with Crippen molar-refractivity contribution < 1.29 is 4.79 Å². The van der Waals surface area contributed by atoms with Crippen molar-refractivity contribution in [1.29, 1.82) is 0 Å². The second-order valence-electron chi connectivity index (χ2n) is 5.71. The topological polar surface area (TPSA) is 83.8 Å². The molecule has 4 N–H and O–H groups in total.